The van der Waals surface area contributed by atoms with Crippen molar-refractivity contribution >= 4 is 23.4 Å². The molecule has 1 aliphatic rings. The molecular formula is C19H18ClFN2O4. The lowest BCUT2D eigenvalue weighted by molar-refractivity contribution is -0.120. The maximum Gasteiger partial charge on any atom is 0.251 e. The van der Waals surface area contributed by atoms with Gasteiger partial charge in [-0.25, -0.2) is 4.39 Å². The molecule has 0 aromatic heterocycles. The zero-order valence-corrected chi connectivity index (χ0v) is 15.1. The van der Waals surface area contributed by atoms with Crippen LogP contribution in [0.25, 0.3) is 0 Å². The molecule has 0 bridgehead atoms. The van der Waals surface area contributed by atoms with E-state index in [1.54, 1.807) is 12.1 Å². The van der Waals surface area contributed by atoms with E-state index in [0.717, 1.165) is 18.1 Å². The Hall–Kier alpha value is -2.80. The van der Waals surface area contributed by atoms with E-state index in [9.17, 15) is 14.0 Å². The number of halogens is 2. The van der Waals surface area contributed by atoms with Crippen LogP contribution < -0.4 is 20.1 Å². The molecule has 6 nitrogen and oxygen atoms in total. The Kier molecular flexibility index (Phi) is 6.13. The van der Waals surface area contributed by atoms with Gasteiger partial charge in [-0.3, -0.25) is 9.59 Å². The largest absolute Gasteiger partial charge is 0.489 e. The Bertz CT molecular complexity index is 860. The first kappa shape index (κ1) is 19.0. The van der Waals surface area contributed by atoms with Crippen molar-refractivity contribution < 1.29 is 23.5 Å². The summed E-state index contributed by atoms with van der Waals surface area (Å²) in [7, 11) is 0. The zero-order chi connectivity index (χ0) is 19.2. The van der Waals surface area contributed by atoms with Gasteiger partial charge in [0.15, 0.2) is 11.5 Å². The summed E-state index contributed by atoms with van der Waals surface area (Å²) in [5, 5.41) is 5.54. The number of nitrogens with one attached hydrogen (secondary N) is 2. The molecule has 0 fully saturated rings. The standard InChI is InChI=1S/C19H18ClFN2O4/c20-15-7-12(8-16-18(15)27-6-2-5-26-16)10-22-17(24)11-23-19(25)13-3-1-4-14(21)9-13/h1,3-4,7-9H,2,5-6,10-11H2,(H,22,24)(H,23,25). The molecule has 0 saturated carbocycles. The van der Waals surface area contributed by atoms with Crippen molar-refractivity contribution in [2.45, 2.75) is 13.0 Å². The highest BCUT2D eigenvalue weighted by molar-refractivity contribution is 6.32. The fourth-order valence-electron chi connectivity index (χ4n) is 2.54. The van der Waals surface area contributed by atoms with Crippen LogP contribution in [0.2, 0.25) is 5.02 Å². The Balaban J connectivity index is 1.53. The Labute approximate surface area is 160 Å². The lowest BCUT2D eigenvalue weighted by Gasteiger charge is -2.12. The summed E-state index contributed by atoms with van der Waals surface area (Å²) in [4.78, 5) is 23.9. The Morgan fingerprint density at radius 3 is 2.74 bits per heavy atom. The van der Waals surface area contributed by atoms with Crippen molar-refractivity contribution in [3.63, 3.8) is 0 Å². The smallest absolute Gasteiger partial charge is 0.251 e. The van der Waals surface area contributed by atoms with Crippen molar-refractivity contribution in [2.75, 3.05) is 19.8 Å². The quantitative estimate of drug-likeness (QED) is 0.820. The van der Waals surface area contributed by atoms with Gasteiger partial charge in [0, 0.05) is 18.5 Å². The number of rotatable bonds is 5. The van der Waals surface area contributed by atoms with Gasteiger partial charge in [-0.05, 0) is 35.9 Å². The lowest BCUT2D eigenvalue weighted by Crippen LogP contribution is -2.36. The highest BCUT2D eigenvalue weighted by Gasteiger charge is 2.16. The highest BCUT2D eigenvalue weighted by Crippen LogP contribution is 2.37. The molecule has 1 heterocycles. The van der Waals surface area contributed by atoms with E-state index in [1.165, 1.54) is 18.2 Å². The van der Waals surface area contributed by atoms with Crippen LogP contribution in [0.1, 0.15) is 22.3 Å². The normalized spacial score (nSPS) is 12.8. The predicted molar refractivity (Wildman–Crippen MR) is 97.6 cm³/mol. The van der Waals surface area contributed by atoms with Crippen LogP contribution in [0.3, 0.4) is 0 Å². The van der Waals surface area contributed by atoms with Crippen LogP contribution in [0, 0.1) is 5.82 Å². The third-order valence-electron chi connectivity index (χ3n) is 3.85. The van der Waals surface area contributed by atoms with Gasteiger partial charge >= 0.3 is 0 Å². The number of carbonyl (C=O) groups is 2. The van der Waals surface area contributed by atoms with Crippen molar-refractivity contribution in [1.29, 1.82) is 0 Å². The zero-order valence-electron chi connectivity index (χ0n) is 14.4. The molecule has 0 atom stereocenters. The summed E-state index contributed by atoms with van der Waals surface area (Å²) in [6.45, 7) is 1.05. The number of carbonyl (C=O) groups excluding carboxylic acids is 2. The molecule has 2 amide bonds. The molecule has 0 unspecified atom stereocenters. The van der Waals surface area contributed by atoms with Crippen LogP contribution >= 0.6 is 11.6 Å². The van der Waals surface area contributed by atoms with Gasteiger partial charge in [-0.15, -0.1) is 0 Å². The number of hydrogen-bond donors (Lipinski definition) is 2. The summed E-state index contributed by atoms with van der Waals surface area (Å²) in [5.74, 6) is -0.375. The van der Waals surface area contributed by atoms with Gasteiger partial charge in [-0.2, -0.15) is 0 Å². The molecule has 142 valence electrons. The summed E-state index contributed by atoms with van der Waals surface area (Å²) in [6, 6.07) is 8.70. The second-order valence-corrected chi connectivity index (χ2v) is 6.33. The maximum absolute atomic E-state index is 13.1. The fourth-order valence-corrected chi connectivity index (χ4v) is 2.83. The molecule has 27 heavy (non-hydrogen) atoms. The first-order chi connectivity index (χ1) is 13.0. The maximum atomic E-state index is 13.1. The van der Waals surface area contributed by atoms with Gasteiger partial charge < -0.3 is 20.1 Å². The Morgan fingerprint density at radius 1 is 1.11 bits per heavy atom. The molecule has 2 aromatic carbocycles. The third-order valence-corrected chi connectivity index (χ3v) is 4.13. The van der Waals surface area contributed by atoms with Crippen molar-refractivity contribution in [3.05, 3.63) is 58.4 Å². The number of hydrogen-bond acceptors (Lipinski definition) is 4. The average Bonchev–Trinajstić information content (AvgIpc) is 2.90. The fraction of sp³-hybridized carbons (Fsp3) is 0.263. The molecular weight excluding hydrogens is 375 g/mol. The lowest BCUT2D eigenvalue weighted by atomic mass is 10.2. The summed E-state index contributed by atoms with van der Waals surface area (Å²) in [6.07, 6.45) is 0.766. The highest BCUT2D eigenvalue weighted by atomic mass is 35.5. The minimum Gasteiger partial charge on any atom is -0.489 e. The van der Waals surface area contributed by atoms with Gasteiger partial charge in [0.05, 0.1) is 24.8 Å². The van der Waals surface area contributed by atoms with Crippen molar-refractivity contribution in [1.82, 2.24) is 10.6 Å². The topological polar surface area (TPSA) is 76.7 Å². The monoisotopic (exact) mass is 392 g/mol. The van der Waals surface area contributed by atoms with E-state index in [4.69, 9.17) is 21.1 Å². The van der Waals surface area contributed by atoms with Crippen LogP contribution in [0.5, 0.6) is 11.5 Å². The van der Waals surface area contributed by atoms with E-state index in [0.29, 0.717) is 29.7 Å². The summed E-state index contributed by atoms with van der Waals surface area (Å²) in [5.41, 5.74) is 0.895. The summed E-state index contributed by atoms with van der Waals surface area (Å²) < 4.78 is 24.3. The molecule has 0 spiro atoms. The second kappa shape index (κ2) is 8.73. The van der Waals surface area contributed by atoms with Crippen molar-refractivity contribution in [2.24, 2.45) is 0 Å². The van der Waals surface area contributed by atoms with Crippen LogP contribution in [-0.2, 0) is 11.3 Å². The minimum absolute atomic E-state index is 0.150. The minimum atomic E-state index is -0.525. The predicted octanol–water partition coefficient (Wildman–Crippen LogP) is 2.69. The first-order valence-corrected chi connectivity index (χ1v) is 8.79. The summed E-state index contributed by atoms with van der Waals surface area (Å²) >= 11 is 6.21. The average molecular weight is 393 g/mol. The molecule has 2 aromatic rings. The van der Waals surface area contributed by atoms with E-state index in [2.05, 4.69) is 10.6 Å². The molecule has 8 heteroatoms. The number of fused-ring (bicyclic) bond motifs is 1. The molecule has 0 aliphatic carbocycles. The van der Waals surface area contributed by atoms with Crippen LogP contribution in [-0.4, -0.2) is 31.6 Å². The van der Waals surface area contributed by atoms with E-state index in [1.807, 2.05) is 0 Å². The van der Waals surface area contributed by atoms with E-state index < -0.39 is 11.7 Å². The molecule has 2 N–H and O–H groups in total. The number of ether oxygens (including phenoxy) is 2. The van der Waals surface area contributed by atoms with E-state index in [-0.39, 0.29) is 24.6 Å². The molecule has 0 saturated heterocycles. The molecule has 3 rings (SSSR count). The van der Waals surface area contributed by atoms with Gasteiger partial charge in [0.25, 0.3) is 5.91 Å². The SMILES string of the molecule is O=C(CNC(=O)c1cccc(F)c1)NCc1cc(Cl)c2c(c1)OCCCO2. The third kappa shape index (κ3) is 5.10. The van der Waals surface area contributed by atoms with Gasteiger partial charge in [0.1, 0.15) is 5.82 Å². The van der Waals surface area contributed by atoms with E-state index >= 15 is 0 Å². The molecule has 0 radical (unpaired) electrons. The first-order valence-electron chi connectivity index (χ1n) is 8.41. The number of benzene rings is 2. The van der Waals surface area contributed by atoms with Crippen LogP contribution in [0.4, 0.5) is 4.39 Å². The van der Waals surface area contributed by atoms with Crippen LogP contribution in [0.15, 0.2) is 36.4 Å². The van der Waals surface area contributed by atoms with Crippen molar-refractivity contribution in [3.8, 4) is 11.5 Å². The van der Waals surface area contributed by atoms with Gasteiger partial charge in [-0.1, -0.05) is 17.7 Å². The van der Waals surface area contributed by atoms with Gasteiger partial charge in [0.2, 0.25) is 5.91 Å². The Morgan fingerprint density at radius 2 is 1.93 bits per heavy atom. The second-order valence-electron chi connectivity index (χ2n) is 5.93. The number of amides is 2. The molecule has 1 aliphatic heterocycles.